The van der Waals surface area contributed by atoms with Gasteiger partial charge < -0.3 is 10.1 Å². The predicted molar refractivity (Wildman–Crippen MR) is 71.8 cm³/mol. The highest BCUT2D eigenvalue weighted by Gasteiger charge is 2.18. The molecular weight excluding hydrogens is 245 g/mol. The number of aromatic nitrogens is 2. The highest BCUT2D eigenvalue weighted by atomic mass is 19.1. The van der Waals surface area contributed by atoms with E-state index in [9.17, 15) is 4.39 Å². The van der Waals surface area contributed by atoms with Crippen LogP contribution in [0, 0.1) is 12.7 Å². The van der Waals surface area contributed by atoms with Crippen LogP contribution in [0.4, 0.5) is 4.39 Å². The van der Waals surface area contributed by atoms with Crippen molar-refractivity contribution in [3.05, 3.63) is 47.0 Å². The number of benzene rings is 1. The third-order valence-electron chi connectivity index (χ3n) is 3.38. The molecule has 0 aliphatic rings. The zero-order valence-corrected chi connectivity index (χ0v) is 11.6. The summed E-state index contributed by atoms with van der Waals surface area (Å²) >= 11 is 0. The molecular formula is C14H18FN3O. The molecule has 0 amide bonds. The molecule has 0 fully saturated rings. The van der Waals surface area contributed by atoms with E-state index >= 15 is 0 Å². The number of aryl methyl sites for hydroxylation is 1. The number of nitrogens with one attached hydrogen (secondary N) is 1. The van der Waals surface area contributed by atoms with Crippen LogP contribution in [0.15, 0.2) is 24.4 Å². The fraction of sp³-hybridized carbons (Fsp3) is 0.357. The lowest BCUT2D eigenvalue weighted by Crippen LogP contribution is -2.18. The van der Waals surface area contributed by atoms with Crippen molar-refractivity contribution >= 4 is 0 Å². The molecule has 1 N–H and O–H groups in total. The lowest BCUT2D eigenvalue weighted by Gasteiger charge is -2.17. The molecule has 2 aromatic rings. The normalized spacial score (nSPS) is 12.5. The molecule has 0 saturated carbocycles. The van der Waals surface area contributed by atoms with Crippen molar-refractivity contribution in [3.8, 4) is 5.75 Å². The third-order valence-corrected chi connectivity index (χ3v) is 3.38. The summed E-state index contributed by atoms with van der Waals surface area (Å²) in [6, 6.07) is 4.90. The smallest absolute Gasteiger partial charge is 0.165 e. The molecule has 4 nitrogen and oxygen atoms in total. The van der Waals surface area contributed by atoms with Crippen LogP contribution in [0.1, 0.15) is 22.9 Å². The van der Waals surface area contributed by atoms with Crippen molar-refractivity contribution in [1.29, 1.82) is 0 Å². The van der Waals surface area contributed by atoms with E-state index in [0.717, 1.165) is 16.8 Å². The van der Waals surface area contributed by atoms with Crippen molar-refractivity contribution in [3.63, 3.8) is 0 Å². The Hall–Kier alpha value is -1.88. The zero-order chi connectivity index (χ0) is 14.0. The summed E-state index contributed by atoms with van der Waals surface area (Å²) in [5, 5.41) is 7.42. The van der Waals surface area contributed by atoms with Crippen LogP contribution in [0.25, 0.3) is 0 Å². The largest absolute Gasteiger partial charge is 0.494 e. The number of hydrogen-bond acceptors (Lipinski definition) is 3. The molecule has 0 radical (unpaired) electrons. The van der Waals surface area contributed by atoms with E-state index in [1.165, 1.54) is 13.2 Å². The van der Waals surface area contributed by atoms with E-state index in [1.807, 2.05) is 27.1 Å². The van der Waals surface area contributed by atoms with Gasteiger partial charge in [0.15, 0.2) is 11.6 Å². The molecule has 0 spiro atoms. The minimum Gasteiger partial charge on any atom is -0.494 e. The molecule has 1 heterocycles. The van der Waals surface area contributed by atoms with Gasteiger partial charge in [0.05, 0.1) is 19.3 Å². The first-order chi connectivity index (χ1) is 9.08. The summed E-state index contributed by atoms with van der Waals surface area (Å²) in [6.07, 6.45) is 1.80. The molecule has 0 aliphatic carbocycles. The van der Waals surface area contributed by atoms with Gasteiger partial charge in [-0.2, -0.15) is 5.10 Å². The SMILES string of the molecule is CNC(c1ccc(OC)c(F)c1)c1cnn(C)c1C. The van der Waals surface area contributed by atoms with Crippen LogP contribution in [-0.4, -0.2) is 23.9 Å². The maximum Gasteiger partial charge on any atom is 0.165 e. The molecule has 0 bridgehead atoms. The Balaban J connectivity index is 2.42. The maximum absolute atomic E-state index is 13.8. The number of ether oxygens (including phenoxy) is 1. The Kier molecular flexibility index (Phi) is 3.85. The van der Waals surface area contributed by atoms with Crippen molar-refractivity contribution < 1.29 is 9.13 Å². The van der Waals surface area contributed by atoms with Gasteiger partial charge in [0, 0.05) is 18.3 Å². The van der Waals surface area contributed by atoms with Crippen LogP contribution in [0.3, 0.4) is 0 Å². The molecule has 1 aromatic heterocycles. The van der Waals surface area contributed by atoms with E-state index in [2.05, 4.69) is 10.4 Å². The lowest BCUT2D eigenvalue weighted by molar-refractivity contribution is 0.386. The first kappa shape index (κ1) is 13.5. The minimum absolute atomic E-state index is 0.0888. The first-order valence-corrected chi connectivity index (χ1v) is 6.07. The van der Waals surface area contributed by atoms with Gasteiger partial charge in [0.1, 0.15) is 0 Å². The van der Waals surface area contributed by atoms with E-state index in [0.29, 0.717) is 0 Å². The van der Waals surface area contributed by atoms with Crippen molar-refractivity contribution in [2.24, 2.45) is 7.05 Å². The molecule has 5 heteroatoms. The average Bonchev–Trinajstić information content (AvgIpc) is 2.72. The molecule has 19 heavy (non-hydrogen) atoms. The van der Waals surface area contributed by atoms with Gasteiger partial charge >= 0.3 is 0 Å². The van der Waals surface area contributed by atoms with Crippen LogP contribution >= 0.6 is 0 Å². The van der Waals surface area contributed by atoms with E-state index in [1.54, 1.807) is 16.9 Å². The van der Waals surface area contributed by atoms with Gasteiger partial charge in [-0.05, 0) is 31.7 Å². The van der Waals surface area contributed by atoms with Crippen molar-refractivity contribution in [2.45, 2.75) is 13.0 Å². The van der Waals surface area contributed by atoms with Crippen molar-refractivity contribution in [2.75, 3.05) is 14.2 Å². The standard InChI is InChI=1S/C14H18FN3O/c1-9-11(8-17-18(9)3)14(16-2)10-5-6-13(19-4)12(15)7-10/h5-8,14,16H,1-4H3. The quantitative estimate of drug-likeness (QED) is 0.919. The summed E-state index contributed by atoms with van der Waals surface area (Å²) in [7, 11) is 5.19. The molecule has 0 saturated heterocycles. The molecule has 1 unspecified atom stereocenters. The first-order valence-electron chi connectivity index (χ1n) is 6.07. The second kappa shape index (κ2) is 5.40. The van der Waals surface area contributed by atoms with Gasteiger partial charge in [0.25, 0.3) is 0 Å². The number of nitrogens with zero attached hydrogens (tertiary/aromatic N) is 2. The van der Waals surface area contributed by atoms with Gasteiger partial charge in [-0.25, -0.2) is 4.39 Å². The Morgan fingerprint density at radius 1 is 1.42 bits per heavy atom. The minimum atomic E-state index is -0.359. The summed E-state index contributed by atoms with van der Waals surface area (Å²) in [6.45, 7) is 1.99. The zero-order valence-electron chi connectivity index (χ0n) is 11.6. The Morgan fingerprint density at radius 3 is 2.63 bits per heavy atom. The third kappa shape index (κ3) is 2.46. The van der Waals surface area contributed by atoms with E-state index in [-0.39, 0.29) is 17.6 Å². The highest BCUT2D eigenvalue weighted by molar-refractivity contribution is 5.37. The van der Waals surface area contributed by atoms with Gasteiger partial charge in [-0.15, -0.1) is 0 Å². The summed E-state index contributed by atoms with van der Waals surface area (Å²) in [4.78, 5) is 0. The Bertz CT molecular complexity index is 580. The summed E-state index contributed by atoms with van der Waals surface area (Å²) < 4.78 is 20.5. The molecule has 1 aromatic carbocycles. The predicted octanol–water partition coefficient (Wildman–Crippen LogP) is 2.19. The van der Waals surface area contributed by atoms with Gasteiger partial charge in [-0.1, -0.05) is 6.07 Å². The van der Waals surface area contributed by atoms with Crippen LogP contribution in [-0.2, 0) is 7.05 Å². The van der Waals surface area contributed by atoms with Crippen LogP contribution < -0.4 is 10.1 Å². The van der Waals surface area contributed by atoms with Gasteiger partial charge in [-0.3, -0.25) is 4.68 Å². The van der Waals surface area contributed by atoms with E-state index in [4.69, 9.17) is 4.74 Å². The lowest BCUT2D eigenvalue weighted by atomic mass is 9.99. The second-order valence-corrected chi connectivity index (χ2v) is 4.42. The second-order valence-electron chi connectivity index (χ2n) is 4.42. The number of halogens is 1. The van der Waals surface area contributed by atoms with Crippen molar-refractivity contribution in [1.82, 2.24) is 15.1 Å². The highest BCUT2D eigenvalue weighted by Crippen LogP contribution is 2.27. The Morgan fingerprint density at radius 2 is 2.16 bits per heavy atom. The fourth-order valence-corrected chi connectivity index (χ4v) is 2.16. The Labute approximate surface area is 112 Å². The number of methoxy groups -OCH3 is 1. The monoisotopic (exact) mass is 263 g/mol. The number of hydrogen-bond donors (Lipinski definition) is 1. The van der Waals surface area contributed by atoms with Gasteiger partial charge in [0.2, 0.25) is 0 Å². The summed E-state index contributed by atoms with van der Waals surface area (Å²) in [5.74, 6) is -0.108. The molecule has 102 valence electrons. The van der Waals surface area contributed by atoms with Crippen LogP contribution in [0.5, 0.6) is 5.75 Å². The average molecular weight is 263 g/mol. The maximum atomic E-state index is 13.8. The molecule has 2 rings (SSSR count). The fourth-order valence-electron chi connectivity index (χ4n) is 2.16. The van der Waals surface area contributed by atoms with E-state index < -0.39 is 0 Å². The number of rotatable bonds is 4. The molecule has 0 aliphatic heterocycles. The summed E-state index contributed by atoms with van der Waals surface area (Å²) in [5.41, 5.74) is 2.93. The molecule has 1 atom stereocenters. The van der Waals surface area contributed by atoms with Crippen LogP contribution in [0.2, 0.25) is 0 Å². The topological polar surface area (TPSA) is 39.1 Å².